The number of methoxy groups -OCH3 is 2. The van der Waals surface area contributed by atoms with Crippen LogP contribution in [-0.4, -0.2) is 50.6 Å². The van der Waals surface area contributed by atoms with Crippen molar-refractivity contribution in [3.05, 3.63) is 59.2 Å². The highest BCUT2D eigenvalue weighted by Gasteiger charge is 2.11. The Bertz CT molecular complexity index is 818. The summed E-state index contributed by atoms with van der Waals surface area (Å²) in [4.78, 5) is 25.8. The Hall–Kier alpha value is -3.02. The molecule has 0 unspecified atom stereocenters. The Balaban J connectivity index is 1.81. The van der Waals surface area contributed by atoms with E-state index in [-0.39, 0.29) is 11.8 Å². The van der Waals surface area contributed by atoms with E-state index >= 15 is 0 Å². The topological polar surface area (TPSA) is 67.9 Å². The molecule has 0 aromatic heterocycles. The lowest BCUT2D eigenvalue weighted by Gasteiger charge is -2.21. The molecule has 0 saturated carbocycles. The van der Waals surface area contributed by atoms with Crippen LogP contribution >= 0.6 is 0 Å². The summed E-state index contributed by atoms with van der Waals surface area (Å²) in [5.74, 6) is 1.29. The molecule has 156 valence electrons. The zero-order chi connectivity index (χ0) is 21.2. The monoisotopic (exact) mass is 398 g/mol. The Labute approximate surface area is 172 Å². The van der Waals surface area contributed by atoms with E-state index in [1.165, 1.54) is 5.56 Å². The van der Waals surface area contributed by atoms with Gasteiger partial charge >= 0.3 is 0 Å². The minimum Gasteiger partial charge on any atom is -0.493 e. The van der Waals surface area contributed by atoms with E-state index < -0.39 is 0 Å². The highest BCUT2D eigenvalue weighted by Crippen LogP contribution is 2.27. The van der Waals surface area contributed by atoms with Crippen LogP contribution in [0.5, 0.6) is 11.5 Å². The maximum atomic E-state index is 12.1. The predicted octanol–water partition coefficient (Wildman–Crippen LogP) is 2.76. The van der Waals surface area contributed by atoms with E-state index in [9.17, 15) is 9.59 Å². The van der Waals surface area contributed by atoms with Crippen molar-refractivity contribution in [3.63, 3.8) is 0 Å². The maximum absolute atomic E-state index is 12.1. The van der Waals surface area contributed by atoms with Crippen LogP contribution in [0, 0.1) is 6.92 Å². The Morgan fingerprint density at radius 1 is 0.931 bits per heavy atom. The molecule has 1 N–H and O–H groups in total. The minimum absolute atomic E-state index is 0.0155. The first-order chi connectivity index (χ1) is 13.9. The van der Waals surface area contributed by atoms with Crippen LogP contribution in [-0.2, 0) is 22.4 Å². The predicted molar refractivity (Wildman–Crippen MR) is 113 cm³/mol. The summed E-state index contributed by atoms with van der Waals surface area (Å²) in [5.41, 5.74) is 3.20. The maximum Gasteiger partial charge on any atom is 0.224 e. The van der Waals surface area contributed by atoms with Gasteiger partial charge in [0.15, 0.2) is 11.5 Å². The van der Waals surface area contributed by atoms with Crippen molar-refractivity contribution in [2.45, 2.75) is 26.7 Å². The number of rotatable bonds is 10. The lowest BCUT2D eigenvalue weighted by molar-refractivity contribution is -0.129. The Morgan fingerprint density at radius 2 is 1.59 bits per heavy atom. The Kier molecular flexibility index (Phi) is 8.52. The molecule has 0 aliphatic rings. The van der Waals surface area contributed by atoms with Crippen molar-refractivity contribution in [1.29, 1.82) is 0 Å². The molecule has 6 nitrogen and oxygen atoms in total. The zero-order valence-electron chi connectivity index (χ0n) is 17.7. The van der Waals surface area contributed by atoms with Gasteiger partial charge in [0.05, 0.1) is 20.6 Å². The fourth-order valence-electron chi connectivity index (χ4n) is 3.01. The third-order valence-corrected chi connectivity index (χ3v) is 4.75. The van der Waals surface area contributed by atoms with Crippen LogP contribution < -0.4 is 14.8 Å². The van der Waals surface area contributed by atoms with Gasteiger partial charge in [0, 0.05) is 26.6 Å². The second kappa shape index (κ2) is 11.1. The first kappa shape index (κ1) is 22.3. The van der Waals surface area contributed by atoms with Gasteiger partial charge in [-0.05, 0) is 36.6 Å². The number of hydrogen-bond donors (Lipinski definition) is 1. The van der Waals surface area contributed by atoms with E-state index in [1.807, 2.05) is 49.4 Å². The Morgan fingerprint density at radius 3 is 2.21 bits per heavy atom. The number of carbonyl (C=O) groups excluding carboxylic acids is 2. The van der Waals surface area contributed by atoms with Crippen molar-refractivity contribution in [2.75, 3.05) is 33.9 Å². The molecule has 0 fully saturated rings. The highest BCUT2D eigenvalue weighted by molar-refractivity contribution is 5.78. The van der Waals surface area contributed by atoms with E-state index in [2.05, 4.69) is 5.32 Å². The molecule has 29 heavy (non-hydrogen) atoms. The lowest BCUT2D eigenvalue weighted by atomic mass is 10.1. The third kappa shape index (κ3) is 7.14. The SMILES string of the molecule is COc1ccc(CCN(CCNC(=O)Cc2ccc(C)cc2)C(C)=O)cc1OC. The van der Waals surface area contributed by atoms with Crippen molar-refractivity contribution < 1.29 is 19.1 Å². The first-order valence-electron chi connectivity index (χ1n) is 9.71. The quantitative estimate of drug-likeness (QED) is 0.668. The van der Waals surface area contributed by atoms with Gasteiger partial charge in [-0.15, -0.1) is 0 Å². The molecule has 2 rings (SSSR count). The molecular formula is C23H30N2O4. The summed E-state index contributed by atoms with van der Waals surface area (Å²) in [6, 6.07) is 13.6. The number of benzene rings is 2. The molecular weight excluding hydrogens is 368 g/mol. The molecule has 0 heterocycles. The standard InChI is InChI=1S/C23H30N2O4/c1-17-5-7-19(8-6-17)16-23(27)24-12-14-25(18(2)26)13-11-20-9-10-21(28-3)22(15-20)29-4/h5-10,15H,11-14,16H2,1-4H3,(H,24,27). The number of nitrogens with one attached hydrogen (secondary N) is 1. The van der Waals surface area contributed by atoms with E-state index in [1.54, 1.807) is 26.0 Å². The van der Waals surface area contributed by atoms with E-state index in [4.69, 9.17) is 9.47 Å². The van der Waals surface area contributed by atoms with Crippen LogP contribution in [0.25, 0.3) is 0 Å². The van der Waals surface area contributed by atoms with E-state index in [0.29, 0.717) is 44.0 Å². The summed E-state index contributed by atoms with van der Waals surface area (Å²) in [6.07, 6.45) is 1.03. The van der Waals surface area contributed by atoms with Crippen molar-refractivity contribution >= 4 is 11.8 Å². The average molecular weight is 399 g/mol. The molecule has 0 aliphatic carbocycles. The van der Waals surface area contributed by atoms with Gasteiger partial charge in [0.25, 0.3) is 0 Å². The van der Waals surface area contributed by atoms with Gasteiger partial charge in [-0.1, -0.05) is 35.9 Å². The number of aryl methyl sites for hydroxylation is 1. The number of amides is 2. The lowest BCUT2D eigenvalue weighted by Crippen LogP contribution is -2.39. The molecule has 0 bridgehead atoms. The third-order valence-electron chi connectivity index (χ3n) is 4.75. The molecule has 0 spiro atoms. The second-order valence-electron chi connectivity index (χ2n) is 6.96. The summed E-state index contributed by atoms with van der Waals surface area (Å²) in [5, 5.41) is 2.89. The van der Waals surface area contributed by atoms with Crippen LogP contribution in [0.2, 0.25) is 0 Å². The molecule has 2 amide bonds. The van der Waals surface area contributed by atoms with Gasteiger partial charge in [0.1, 0.15) is 0 Å². The van der Waals surface area contributed by atoms with Gasteiger partial charge in [0.2, 0.25) is 11.8 Å². The zero-order valence-corrected chi connectivity index (χ0v) is 17.7. The van der Waals surface area contributed by atoms with Crippen LogP contribution in [0.1, 0.15) is 23.6 Å². The van der Waals surface area contributed by atoms with Gasteiger partial charge in [-0.3, -0.25) is 9.59 Å². The fourth-order valence-corrected chi connectivity index (χ4v) is 3.01. The average Bonchev–Trinajstić information content (AvgIpc) is 2.71. The molecule has 0 radical (unpaired) electrons. The largest absolute Gasteiger partial charge is 0.493 e. The van der Waals surface area contributed by atoms with Gasteiger partial charge < -0.3 is 19.7 Å². The first-order valence-corrected chi connectivity index (χ1v) is 9.71. The van der Waals surface area contributed by atoms with Crippen LogP contribution in [0.4, 0.5) is 0 Å². The fraction of sp³-hybridized carbons (Fsp3) is 0.391. The molecule has 0 atom stereocenters. The molecule has 0 aliphatic heterocycles. The van der Waals surface area contributed by atoms with E-state index in [0.717, 1.165) is 11.1 Å². The van der Waals surface area contributed by atoms with Crippen LogP contribution in [0.15, 0.2) is 42.5 Å². The smallest absolute Gasteiger partial charge is 0.224 e. The van der Waals surface area contributed by atoms with Crippen molar-refractivity contribution in [1.82, 2.24) is 10.2 Å². The van der Waals surface area contributed by atoms with Crippen molar-refractivity contribution in [3.8, 4) is 11.5 Å². The second-order valence-corrected chi connectivity index (χ2v) is 6.96. The van der Waals surface area contributed by atoms with Crippen LogP contribution in [0.3, 0.4) is 0 Å². The van der Waals surface area contributed by atoms with Gasteiger partial charge in [-0.25, -0.2) is 0 Å². The van der Waals surface area contributed by atoms with Gasteiger partial charge in [-0.2, -0.15) is 0 Å². The highest BCUT2D eigenvalue weighted by atomic mass is 16.5. The number of nitrogens with zero attached hydrogens (tertiary/aromatic N) is 1. The molecule has 2 aromatic carbocycles. The molecule has 6 heteroatoms. The number of hydrogen-bond acceptors (Lipinski definition) is 4. The summed E-state index contributed by atoms with van der Waals surface area (Å²) < 4.78 is 10.6. The normalized spacial score (nSPS) is 10.3. The number of carbonyl (C=O) groups is 2. The molecule has 2 aromatic rings. The summed E-state index contributed by atoms with van der Waals surface area (Å²) >= 11 is 0. The summed E-state index contributed by atoms with van der Waals surface area (Å²) in [6.45, 7) is 5.03. The van der Waals surface area contributed by atoms with Crippen molar-refractivity contribution in [2.24, 2.45) is 0 Å². The number of ether oxygens (including phenoxy) is 2. The molecule has 0 saturated heterocycles. The summed E-state index contributed by atoms with van der Waals surface area (Å²) in [7, 11) is 3.20. The minimum atomic E-state index is -0.0442.